The minimum Gasteiger partial charge on any atom is -0.486 e. The van der Waals surface area contributed by atoms with Crippen LogP contribution in [0.5, 0.6) is 5.75 Å². The lowest BCUT2D eigenvalue weighted by Gasteiger charge is -2.13. The molecule has 0 saturated carbocycles. The number of nitrogens with one attached hydrogen (secondary N) is 1. The summed E-state index contributed by atoms with van der Waals surface area (Å²) in [5.41, 5.74) is 8.27. The number of aromatic nitrogens is 2. The topological polar surface area (TPSA) is 90.1 Å². The summed E-state index contributed by atoms with van der Waals surface area (Å²) in [5, 5.41) is 2.58. The van der Waals surface area contributed by atoms with Crippen molar-refractivity contribution < 1.29 is 9.53 Å². The smallest absolute Gasteiger partial charge is 0.254 e. The van der Waals surface area contributed by atoms with Crippen LogP contribution in [-0.2, 0) is 13.0 Å². The van der Waals surface area contributed by atoms with Crippen LogP contribution in [0, 0.1) is 6.92 Å². The van der Waals surface area contributed by atoms with Gasteiger partial charge in [-0.3, -0.25) is 4.79 Å². The number of anilines is 1. The maximum atomic E-state index is 12.0. The molecular formula is C16H19BrN4O2. The summed E-state index contributed by atoms with van der Waals surface area (Å²) in [6.45, 7) is 3.93. The summed E-state index contributed by atoms with van der Waals surface area (Å²) >= 11 is 3.49. The molecule has 1 aromatic carbocycles. The van der Waals surface area contributed by atoms with Gasteiger partial charge in [0.15, 0.2) is 0 Å². The number of nitrogens with zero attached hydrogens (tertiary/aromatic N) is 2. The fourth-order valence-electron chi connectivity index (χ4n) is 2.21. The predicted octanol–water partition coefficient (Wildman–Crippen LogP) is 2.63. The minimum absolute atomic E-state index is 0.120. The average molecular weight is 379 g/mol. The van der Waals surface area contributed by atoms with Crippen LogP contribution in [0.1, 0.15) is 34.2 Å². The third-order valence-electron chi connectivity index (χ3n) is 3.41. The summed E-state index contributed by atoms with van der Waals surface area (Å²) in [7, 11) is 1.56. The Morgan fingerprint density at radius 3 is 2.74 bits per heavy atom. The molecule has 7 heteroatoms. The van der Waals surface area contributed by atoms with E-state index in [0.29, 0.717) is 22.7 Å². The average Bonchev–Trinajstić information content (AvgIpc) is 2.52. The highest BCUT2D eigenvalue weighted by Crippen LogP contribution is 2.27. The number of ether oxygens (including phenoxy) is 1. The van der Waals surface area contributed by atoms with Crippen molar-refractivity contribution in [2.75, 3.05) is 12.8 Å². The van der Waals surface area contributed by atoms with Crippen molar-refractivity contribution in [3.63, 3.8) is 0 Å². The molecular weight excluding hydrogens is 360 g/mol. The van der Waals surface area contributed by atoms with E-state index in [2.05, 4.69) is 38.1 Å². The van der Waals surface area contributed by atoms with Gasteiger partial charge in [0.1, 0.15) is 12.4 Å². The quantitative estimate of drug-likeness (QED) is 0.834. The van der Waals surface area contributed by atoms with Crippen LogP contribution in [-0.4, -0.2) is 22.9 Å². The van der Waals surface area contributed by atoms with Gasteiger partial charge < -0.3 is 15.8 Å². The molecule has 0 atom stereocenters. The zero-order valence-corrected chi connectivity index (χ0v) is 14.9. The molecule has 0 bridgehead atoms. The SMILES string of the molecule is CCc1ccc(OCc2nc(N)nc(C)c2C(=O)NC)c(Br)c1. The maximum Gasteiger partial charge on any atom is 0.254 e. The summed E-state index contributed by atoms with van der Waals surface area (Å²) in [6.07, 6.45) is 0.946. The van der Waals surface area contributed by atoms with Crippen molar-refractivity contribution in [3.8, 4) is 5.75 Å². The Morgan fingerprint density at radius 1 is 1.39 bits per heavy atom. The van der Waals surface area contributed by atoms with Crippen LogP contribution < -0.4 is 15.8 Å². The molecule has 1 aromatic heterocycles. The number of carbonyl (C=O) groups is 1. The monoisotopic (exact) mass is 378 g/mol. The first-order valence-electron chi connectivity index (χ1n) is 7.22. The molecule has 122 valence electrons. The highest BCUT2D eigenvalue weighted by Gasteiger charge is 2.18. The first kappa shape index (κ1) is 17.2. The molecule has 2 rings (SSSR count). The molecule has 0 saturated heterocycles. The Kier molecular flexibility index (Phi) is 5.54. The summed E-state index contributed by atoms with van der Waals surface area (Å²) in [5.74, 6) is 0.538. The van der Waals surface area contributed by atoms with Crippen molar-refractivity contribution in [1.82, 2.24) is 15.3 Å². The molecule has 0 aliphatic heterocycles. The van der Waals surface area contributed by atoms with E-state index in [1.54, 1.807) is 14.0 Å². The first-order valence-corrected chi connectivity index (χ1v) is 8.01. The van der Waals surface area contributed by atoms with E-state index in [9.17, 15) is 4.79 Å². The second-order valence-electron chi connectivity index (χ2n) is 4.98. The van der Waals surface area contributed by atoms with Crippen molar-refractivity contribution in [2.45, 2.75) is 26.9 Å². The van der Waals surface area contributed by atoms with E-state index >= 15 is 0 Å². The van der Waals surface area contributed by atoms with Gasteiger partial charge in [0.05, 0.1) is 21.4 Å². The van der Waals surface area contributed by atoms with Crippen molar-refractivity contribution in [3.05, 3.63) is 45.2 Å². The predicted molar refractivity (Wildman–Crippen MR) is 92.4 cm³/mol. The third-order valence-corrected chi connectivity index (χ3v) is 4.02. The number of aryl methyl sites for hydroxylation is 2. The van der Waals surface area contributed by atoms with Gasteiger partial charge in [0.25, 0.3) is 5.91 Å². The van der Waals surface area contributed by atoms with E-state index in [1.807, 2.05) is 18.2 Å². The summed E-state index contributed by atoms with van der Waals surface area (Å²) in [6, 6.07) is 5.90. The lowest BCUT2D eigenvalue weighted by atomic mass is 10.1. The van der Waals surface area contributed by atoms with Crippen LogP contribution in [0.2, 0.25) is 0 Å². The fourth-order valence-corrected chi connectivity index (χ4v) is 2.75. The number of hydrogen-bond acceptors (Lipinski definition) is 5. The number of benzene rings is 1. The van der Waals surface area contributed by atoms with Crippen molar-refractivity contribution in [2.24, 2.45) is 0 Å². The van der Waals surface area contributed by atoms with Crippen LogP contribution in [0.4, 0.5) is 5.95 Å². The number of nitrogens with two attached hydrogens (primary N) is 1. The lowest BCUT2D eigenvalue weighted by Crippen LogP contribution is -2.23. The molecule has 1 heterocycles. The van der Waals surface area contributed by atoms with Gasteiger partial charge in [-0.1, -0.05) is 13.0 Å². The van der Waals surface area contributed by atoms with Gasteiger partial charge in [-0.25, -0.2) is 9.97 Å². The van der Waals surface area contributed by atoms with Gasteiger partial charge in [0.2, 0.25) is 5.95 Å². The molecule has 3 N–H and O–H groups in total. The summed E-state index contributed by atoms with van der Waals surface area (Å²) in [4.78, 5) is 20.2. The van der Waals surface area contributed by atoms with Gasteiger partial charge in [-0.15, -0.1) is 0 Å². The van der Waals surface area contributed by atoms with Crippen LogP contribution in [0.25, 0.3) is 0 Å². The number of halogens is 1. The second kappa shape index (κ2) is 7.41. The van der Waals surface area contributed by atoms with E-state index < -0.39 is 0 Å². The number of nitrogen functional groups attached to an aromatic ring is 1. The molecule has 1 amide bonds. The Labute approximate surface area is 143 Å². The van der Waals surface area contributed by atoms with E-state index in [1.165, 1.54) is 5.56 Å². The molecule has 0 aliphatic carbocycles. The van der Waals surface area contributed by atoms with Gasteiger partial charge in [-0.05, 0) is 47.0 Å². The van der Waals surface area contributed by atoms with Crippen LogP contribution in [0.3, 0.4) is 0 Å². The van der Waals surface area contributed by atoms with E-state index in [4.69, 9.17) is 10.5 Å². The molecule has 2 aromatic rings. The second-order valence-corrected chi connectivity index (χ2v) is 5.83. The standard InChI is InChI=1S/C16H19BrN4O2/c1-4-10-5-6-13(11(17)7-10)23-8-12-14(15(22)19-3)9(2)20-16(18)21-12/h5-7H,4,8H2,1-3H3,(H,19,22)(H2,18,20,21). The number of rotatable bonds is 5. The first-order chi connectivity index (χ1) is 11.0. The molecule has 0 radical (unpaired) electrons. The molecule has 0 unspecified atom stereocenters. The molecule has 0 aliphatic rings. The molecule has 0 spiro atoms. The summed E-state index contributed by atoms with van der Waals surface area (Å²) < 4.78 is 6.65. The molecule has 6 nitrogen and oxygen atoms in total. The Balaban J connectivity index is 2.28. The Bertz CT molecular complexity index is 734. The zero-order valence-electron chi connectivity index (χ0n) is 13.3. The van der Waals surface area contributed by atoms with Gasteiger partial charge in [0, 0.05) is 7.05 Å². The third kappa shape index (κ3) is 3.98. The number of amides is 1. The highest BCUT2D eigenvalue weighted by atomic mass is 79.9. The zero-order chi connectivity index (χ0) is 17.0. The largest absolute Gasteiger partial charge is 0.486 e. The Hall–Kier alpha value is -2.15. The fraction of sp³-hybridized carbons (Fsp3) is 0.312. The molecule has 23 heavy (non-hydrogen) atoms. The van der Waals surface area contributed by atoms with E-state index in [0.717, 1.165) is 10.9 Å². The van der Waals surface area contributed by atoms with Crippen molar-refractivity contribution >= 4 is 27.8 Å². The normalized spacial score (nSPS) is 10.4. The number of carbonyl (C=O) groups excluding carboxylic acids is 1. The lowest BCUT2D eigenvalue weighted by molar-refractivity contribution is 0.0959. The van der Waals surface area contributed by atoms with Crippen LogP contribution in [0.15, 0.2) is 22.7 Å². The van der Waals surface area contributed by atoms with E-state index in [-0.39, 0.29) is 18.5 Å². The minimum atomic E-state index is -0.263. The maximum absolute atomic E-state index is 12.0. The van der Waals surface area contributed by atoms with Crippen LogP contribution >= 0.6 is 15.9 Å². The van der Waals surface area contributed by atoms with Gasteiger partial charge >= 0.3 is 0 Å². The van der Waals surface area contributed by atoms with Gasteiger partial charge in [-0.2, -0.15) is 0 Å². The number of hydrogen-bond donors (Lipinski definition) is 2. The Morgan fingerprint density at radius 2 is 2.13 bits per heavy atom. The van der Waals surface area contributed by atoms with Crippen molar-refractivity contribution in [1.29, 1.82) is 0 Å². The molecule has 0 fully saturated rings. The highest BCUT2D eigenvalue weighted by molar-refractivity contribution is 9.10.